The lowest BCUT2D eigenvalue weighted by molar-refractivity contribution is 0.603. The lowest BCUT2D eigenvalue weighted by atomic mass is 10.2. The molecular formula is C18H18N2O3S2. The predicted octanol–water partition coefficient (Wildman–Crippen LogP) is 2.83. The normalized spacial score (nSPS) is 11.8. The Hall–Kier alpha value is -2.12. The summed E-state index contributed by atoms with van der Waals surface area (Å²) in [6.45, 7) is 1.93. The number of hydrogen-bond acceptors (Lipinski definition) is 5. The molecule has 0 N–H and O–H groups in total. The Labute approximate surface area is 150 Å². The topological polar surface area (TPSA) is 69.0 Å². The predicted molar refractivity (Wildman–Crippen MR) is 103 cm³/mol. The Morgan fingerprint density at radius 1 is 1.08 bits per heavy atom. The molecule has 1 heterocycles. The van der Waals surface area contributed by atoms with E-state index in [1.807, 2.05) is 43.3 Å². The van der Waals surface area contributed by atoms with Crippen LogP contribution in [0.25, 0.3) is 16.6 Å². The van der Waals surface area contributed by atoms with Crippen LogP contribution in [0.5, 0.6) is 0 Å². The zero-order valence-corrected chi connectivity index (χ0v) is 15.6. The molecule has 0 aliphatic heterocycles. The molecule has 0 fully saturated rings. The van der Waals surface area contributed by atoms with Gasteiger partial charge in [0.15, 0.2) is 5.16 Å². The average molecular weight is 374 g/mol. The summed E-state index contributed by atoms with van der Waals surface area (Å²) in [5.74, 6) is 0.379. The molecule has 0 aliphatic carbocycles. The number of fused-ring (bicyclic) bond motifs is 1. The van der Waals surface area contributed by atoms with Gasteiger partial charge < -0.3 is 0 Å². The van der Waals surface area contributed by atoms with Crippen molar-refractivity contribution in [1.82, 2.24) is 9.55 Å². The highest BCUT2D eigenvalue weighted by molar-refractivity contribution is 8.00. The highest BCUT2D eigenvalue weighted by Gasteiger charge is 2.15. The Bertz CT molecular complexity index is 1090. The van der Waals surface area contributed by atoms with Gasteiger partial charge in [-0.1, -0.05) is 42.1 Å². The number of thioether (sulfide) groups is 1. The fourth-order valence-corrected chi connectivity index (χ4v) is 4.72. The molecule has 1 aromatic heterocycles. The van der Waals surface area contributed by atoms with E-state index in [0.717, 1.165) is 11.3 Å². The van der Waals surface area contributed by atoms with Crippen LogP contribution in [0, 0.1) is 6.92 Å². The largest absolute Gasteiger partial charge is 0.268 e. The molecule has 0 radical (unpaired) electrons. The first kappa shape index (κ1) is 17.7. The standard InChI is InChI=1S/C18H18N2O3S2/c1-13-7-3-6-10-16(13)20-17(21)14-8-4-5-9-15(14)19-18(20)24-11-12-25(2,22)23/h3-10H,11-12H2,1-2H3. The van der Waals surface area contributed by atoms with Crippen molar-refractivity contribution < 1.29 is 8.42 Å². The Morgan fingerprint density at radius 2 is 1.76 bits per heavy atom. The van der Waals surface area contributed by atoms with E-state index in [4.69, 9.17) is 0 Å². The zero-order chi connectivity index (χ0) is 18.0. The smallest absolute Gasteiger partial charge is 0.266 e. The lowest BCUT2D eigenvalue weighted by Gasteiger charge is -2.14. The highest BCUT2D eigenvalue weighted by Crippen LogP contribution is 2.23. The SMILES string of the molecule is Cc1ccccc1-n1c(SCCS(C)(=O)=O)nc2ccccc2c1=O. The molecule has 3 rings (SSSR count). The van der Waals surface area contributed by atoms with Crippen molar-refractivity contribution in [1.29, 1.82) is 0 Å². The van der Waals surface area contributed by atoms with Gasteiger partial charge in [-0.2, -0.15) is 0 Å². The van der Waals surface area contributed by atoms with Gasteiger partial charge in [-0.05, 0) is 30.7 Å². The van der Waals surface area contributed by atoms with Gasteiger partial charge in [0.25, 0.3) is 5.56 Å². The van der Waals surface area contributed by atoms with Crippen LogP contribution in [-0.4, -0.2) is 35.7 Å². The molecule has 3 aromatic rings. The van der Waals surface area contributed by atoms with Gasteiger partial charge in [-0.3, -0.25) is 9.36 Å². The van der Waals surface area contributed by atoms with Crippen LogP contribution in [0.3, 0.4) is 0 Å². The molecular weight excluding hydrogens is 356 g/mol. The number of rotatable bonds is 5. The van der Waals surface area contributed by atoms with Crippen LogP contribution in [0.1, 0.15) is 5.56 Å². The monoisotopic (exact) mass is 374 g/mol. The third kappa shape index (κ3) is 3.93. The first-order valence-electron chi connectivity index (χ1n) is 7.75. The van der Waals surface area contributed by atoms with Crippen LogP contribution in [0.15, 0.2) is 58.5 Å². The number of sulfone groups is 1. The van der Waals surface area contributed by atoms with E-state index >= 15 is 0 Å². The third-order valence-corrected chi connectivity index (χ3v) is 5.93. The van der Waals surface area contributed by atoms with Gasteiger partial charge in [0.05, 0.1) is 22.3 Å². The second-order valence-electron chi connectivity index (χ2n) is 5.82. The van der Waals surface area contributed by atoms with Gasteiger partial charge >= 0.3 is 0 Å². The highest BCUT2D eigenvalue weighted by atomic mass is 32.2. The average Bonchev–Trinajstić information content (AvgIpc) is 2.55. The number of nitrogens with zero attached hydrogens (tertiary/aromatic N) is 2. The Balaban J connectivity index is 2.18. The minimum Gasteiger partial charge on any atom is -0.268 e. The lowest BCUT2D eigenvalue weighted by Crippen LogP contribution is -2.22. The summed E-state index contributed by atoms with van der Waals surface area (Å²) in [6, 6.07) is 14.8. The van der Waals surface area contributed by atoms with Crippen LogP contribution >= 0.6 is 11.8 Å². The minimum absolute atomic E-state index is 0.0358. The van der Waals surface area contributed by atoms with E-state index in [1.165, 1.54) is 18.0 Å². The molecule has 7 heteroatoms. The van der Waals surface area contributed by atoms with Gasteiger partial charge in [-0.25, -0.2) is 13.4 Å². The van der Waals surface area contributed by atoms with Crippen molar-refractivity contribution in [3.8, 4) is 5.69 Å². The molecule has 0 spiro atoms. The Morgan fingerprint density at radius 3 is 2.48 bits per heavy atom. The molecule has 2 aromatic carbocycles. The molecule has 130 valence electrons. The second-order valence-corrected chi connectivity index (χ2v) is 9.14. The first-order chi connectivity index (χ1) is 11.9. The molecule has 0 amide bonds. The van der Waals surface area contributed by atoms with Crippen molar-refractivity contribution in [2.45, 2.75) is 12.1 Å². The summed E-state index contributed by atoms with van der Waals surface area (Å²) < 4.78 is 24.4. The van der Waals surface area contributed by atoms with Crippen molar-refractivity contribution in [3.63, 3.8) is 0 Å². The molecule has 5 nitrogen and oxygen atoms in total. The molecule has 0 aliphatic rings. The maximum absolute atomic E-state index is 13.1. The summed E-state index contributed by atoms with van der Waals surface area (Å²) in [5, 5.41) is 1.04. The van der Waals surface area contributed by atoms with Crippen LogP contribution < -0.4 is 5.56 Å². The van der Waals surface area contributed by atoms with Gasteiger partial charge in [-0.15, -0.1) is 0 Å². The van der Waals surface area contributed by atoms with Crippen LogP contribution in [0.4, 0.5) is 0 Å². The molecule has 0 saturated heterocycles. The molecule has 0 unspecified atom stereocenters. The van der Waals surface area contributed by atoms with E-state index in [1.54, 1.807) is 16.7 Å². The second kappa shape index (κ2) is 7.01. The number of aromatic nitrogens is 2. The molecule has 25 heavy (non-hydrogen) atoms. The van der Waals surface area contributed by atoms with E-state index in [2.05, 4.69) is 4.98 Å². The zero-order valence-electron chi connectivity index (χ0n) is 14.0. The van der Waals surface area contributed by atoms with Crippen LogP contribution in [0.2, 0.25) is 0 Å². The number of hydrogen-bond donors (Lipinski definition) is 0. The van der Waals surface area contributed by atoms with Gasteiger partial charge in [0, 0.05) is 12.0 Å². The van der Waals surface area contributed by atoms with E-state index < -0.39 is 9.84 Å². The first-order valence-corrected chi connectivity index (χ1v) is 10.8. The molecule has 0 bridgehead atoms. The number of aryl methyl sites for hydroxylation is 1. The minimum atomic E-state index is -3.07. The van der Waals surface area contributed by atoms with E-state index in [0.29, 0.717) is 21.8 Å². The van der Waals surface area contributed by atoms with E-state index in [-0.39, 0.29) is 11.3 Å². The fraction of sp³-hybridized carbons (Fsp3) is 0.222. The summed E-state index contributed by atoms with van der Waals surface area (Å²) in [5.41, 5.74) is 2.17. The van der Waals surface area contributed by atoms with Crippen molar-refractivity contribution in [3.05, 3.63) is 64.4 Å². The quantitative estimate of drug-likeness (QED) is 0.507. The fourth-order valence-electron chi connectivity index (χ4n) is 2.52. The van der Waals surface area contributed by atoms with Crippen molar-refractivity contribution in [2.24, 2.45) is 0 Å². The maximum Gasteiger partial charge on any atom is 0.266 e. The van der Waals surface area contributed by atoms with Crippen LogP contribution in [-0.2, 0) is 9.84 Å². The molecule has 0 atom stereocenters. The summed E-state index contributed by atoms with van der Waals surface area (Å²) in [6.07, 6.45) is 1.20. The Kier molecular flexibility index (Phi) is 4.96. The summed E-state index contributed by atoms with van der Waals surface area (Å²) in [4.78, 5) is 17.7. The summed E-state index contributed by atoms with van der Waals surface area (Å²) >= 11 is 1.28. The molecule has 0 saturated carbocycles. The maximum atomic E-state index is 13.1. The third-order valence-electron chi connectivity index (χ3n) is 3.79. The van der Waals surface area contributed by atoms with Crippen molar-refractivity contribution >= 4 is 32.5 Å². The number of para-hydroxylation sites is 2. The van der Waals surface area contributed by atoms with Gasteiger partial charge in [0.2, 0.25) is 0 Å². The summed E-state index contributed by atoms with van der Waals surface area (Å²) in [7, 11) is -3.07. The van der Waals surface area contributed by atoms with Crippen molar-refractivity contribution in [2.75, 3.05) is 17.8 Å². The van der Waals surface area contributed by atoms with Gasteiger partial charge in [0.1, 0.15) is 9.84 Å². The van der Waals surface area contributed by atoms with E-state index in [9.17, 15) is 13.2 Å². The number of benzene rings is 2.